The zero-order valence-electron chi connectivity index (χ0n) is 9.55. The number of rotatable bonds is 3. The fourth-order valence-corrected chi connectivity index (χ4v) is 1.37. The topological polar surface area (TPSA) is 55.2 Å². The van der Waals surface area contributed by atoms with E-state index in [0.29, 0.717) is 0 Å². The van der Waals surface area contributed by atoms with Crippen LogP contribution < -0.4 is 4.74 Å². The third-order valence-corrected chi connectivity index (χ3v) is 2.21. The van der Waals surface area contributed by atoms with Gasteiger partial charge in [0.2, 0.25) is 5.88 Å². The Morgan fingerprint density at radius 3 is 2.68 bits per heavy atom. The fourth-order valence-electron chi connectivity index (χ4n) is 1.37. The minimum Gasteiger partial charge on any atom is -0.437 e. The molecule has 0 saturated carbocycles. The molecule has 1 aromatic carbocycles. The van der Waals surface area contributed by atoms with Gasteiger partial charge in [0.05, 0.1) is 30.3 Å². The normalized spacial score (nSPS) is 11.4. The molecule has 0 aliphatic rings. The largest absolute Gasteiger partial charge is 0.437 e. The average Bonchev–Trinajstić information content (AvgIpc) is 2.38. The van der Waals surface area contributed by atoms with Crippen LogP contribution in [-0.2, 0) is 12.8 Å². The second-order valence-corrected chi connectivity index (χ2v) is 3.63. The molecule has 2 aromatic rings. The van der Waals surface area contributed by atoms with Crippen molar-refractivity contribution in [3.8, 4) is 11.6 Å². The number of benzene rings is 1. The number of hydrogen-bond donors (Lipinski definition) is 1. The summed E-state index contributed by atoms with van der Waals surface area (Å²) < 4.78 is 42.7. The second-order valence-electron chi connectivity index (χ2n) is 3.63. The molecule has 1 N–H and O–H groups in total. The van der Waals surface area contributed by atoms with Gasteiger partial charge in [-0.1, -0.05) is 6.07 Å². The Hall–Kier alpha value is -2.15. The molecule has 1 heterocycles. The van der Waals surface area contributed by atoms with Crippen molar-refractivity contribution in [1.29, 1.82) is 0 Å². The molecule has 0 aliphatic carbocycles. The van der Waals surface area contributed by atoms with E-state index in [1.165, 1.54) is 24.5 Å². The minimum atomic E-state index is -4.43. The molecule has 0 atom stereocenters. The Kier molecular flexibility index (Phi) is 3.66. The molecule has 0 unspecified atom stereocenters. The molecule has 0 fully saturated rings. The molecule has 0 spiro atoms. The van der Waals surface area contributed by atoms with Gasteiger partial charge >= 0.3 is 6.18 Å². The third kappa shape index (κ3) is 3.41. The Labute approximate surface area is 106 Å². The lowest BCUT2D eigenvalue weighted by atomic mass is 10.2. The van der Waals surface area contributed by atoms with Crippen molar-refractivity contribution in [2.45, 2.75) is 12.8 Å². The first-order valence-electron chi connectivity index (χ1n) is 5.26. The number of aliphatic hydroxyl groups excluding tert-OH is 1. The molecule has 4 nitrogen and oxygen atoms in total. The number of halogens is 3. The third-order valence-electron chi connectivity index (χ3n) is 2.21. The van der Waals surface area contributed by atoms with Crippen LogP contribution >= 0.6 is 0 Å². The molecule has 2 rings (SSSR count). The summed E-state index contributed by atoms with van der Waals surface area (Å²) in [7, 11) is 0. The molecule has 100 valence electrons. The predicted molar refractivity (Wildman–Crippen MR) is 59.5 cm³/mol. The monoisotopic (exact) mass is 270 g/mol. The molecule has 19 heavy (non-hydrogen) atoms. The second kappa shape index (κ2) is 5.23. The first-order valence-corrected chi connectivity index (χ1v) is 5.26. The zero-order valence-corrected chi connectivity index (χ0v) is 9.55. The van der Waals surface area contributed by atoms with E-state index in [0.717, 1.165) is 12.1 Å². The van der Waals surface area contributed by atoms with Gasteiger partial charge in [0.15, 0.2) is 0 Å². The van der Waals surface area contributed by atoms with Crippen LogP contribution in [0.1, 0.15) is 11.3 Å². The lowest BCUT2D eigenvalue weighted by Gasteiger charge is -2.09. The zero-order chi connectivity index (χ0) is 13.9. The Bertz CT molecular complexity index is 573. The molecular weight excluding hydrogens is 261 g/mol. The van der Waals surface area contributed by atoms with Crippen molar-refractivity contribution in [1.82, 2.24) is 9.97 Å². The van der Waals surface area contributed by atoms with Gasteiger partial charge in [-0.25, -0.2) is 4.98 Å². The summed E-state index contributed by atoms with van der Waals surface area (Å²) in [4.78, 5) is 7.62. The molecule has 0 saturated heterocycles. The van der Waals surface area contributed by atoms with Gasteiger partial charge in [0, 0.05) is 0 Å². The standard InChI is InChI=1S/C12H9F3N2O2/c13-12(14,15)8-2-1-3-10(4-8)19-11-6-16-5-9(7-18)17-11/h1-6,18H,7H2. The highest BCUT2D eigenvalue weighted by atomic mass is 19.4. The van der Waals surface area contributed by atoms with Gasteiger partial charge in [-0.05, 0) is 18.2 Å². The Morgan fingerprint density at radius 2 is 2.00 bits per heavy atom. The Balaban J connectivity index is 2.23. The van der Waals surface area contributed by atoms with Crippen molar-refractivity contribution in [3.63, 3.8) is 0 Å². The molecule has 0 aliphatic heterocycles. The highest BCUT2D eigenvalue weighted by Gasteiger charge is 2.30. The maximum absolute atomic E-state index is 12.5. The summed E-state index contributed by atoms with van der Waals surface area (Å²) in [5.41, 5.74) is -0.541. The lowest BCUT2D eigenvalue weighted by molar-refractivity contribution is -0.137. The highest BCUT2D eigenvalue weighted by Crippen LogP contribution is 2.32. The van der Waals surface area contributed by atoms with E-state index in [-0.39, 0.29) is 23.9 Å². The van der Waals surface area contributed by atoms with Gasteiger partial charge < -0.3 is 9.84 Å². The molecule has 7 heteroatoms. The number of hydrogen-bond acceptors (Lipinski definition) is 4. The molecule has 0 amide bonds. The van der Waals surface area contributed by atoms with Crippen LogP contribution in [0.2, 0.25) is 0 Å². The quantitative estimate of drug-likeness (QED) is 0.931. The summed E-state index contributed by atoms with van der Waals surface area (Å²) in [5.74, 6) is 0.0186. The number of nitrogens with zero attached hydrogens (tertiary/aromatic N) is 2. The van der Waals surface area contributed by atoms with E-state index in [9.17, 15) is 13.2 Å². The van der Waals surface area contributed by atoms with Crippen LogP contribution in [0.25, 0.3) is 0 Å². The number of aromatic nitrogens is 2. The minimum absolute atomic E-state index is 0.000727. The first-order chi connectivity index (χ1) is 8.99. The SMILES string of the molecule is OCc1cncc(Oc2cccc(C(F)(F)F)c2)n1. The number of alkyl halides is 3. The van der Waals surface area contributed by atoms with Crippen molar-refractivity contribution in [2.24, 2.45) is 0 Å². The summed E-state index contributed by atoms with van der Waals surface area (Å²) in [6.07, 6.45) is -1.85. The maximum atomic E-state index is 12.5. The van der Waals surface area contributed by atoms with E-state index in [1.54, 1.807) is 0 Å². The van der Waals surface area contributed by atoms with Crippen molar-refractivity contribution < 1.29 is 23.0 Å². The van der Waals surface area contributed by atoms with Crippen LogP contribution in [0, 0.1) is 0 Å². The van der Waals surface area contributed by atoms with E-state index in [4.69, 9.17) is 9.84 Å². The molecular formula is C12H9F3N2O2. The van der Waals surface area contributed by atoms with Crippen LogP contribution in [-0.4, -0.2) is 15.1 Å². The van der Waals surface area contributed by atoms with Gasteiger partial charge in [-0.15, -0.1) is 0 Å². The van der Waals surface area contributed by atoms with Crippen LogP contribution in [0.15, 0.2) is 36.7 Å². The summed E-state index contributed by atoms with van der Waals surface area (Å²) in [6, 6.07) is 4.43. The van der Waals surface area contributed by atoms with Crippen LogP contribution in [0.4, 0.5) is 13.2 Å². The van der Waals surface area contributed by atoms with E-state index in [2.05, 4.69) is 9.97 Å². The smallest absolute Gasteiger partial charge is 0.416 e. The van der Waals surface area contributed by atoms with Gasteiger partial charge in [-0.2, -0.15) is 13.2 Å². The van der Waals surface area contributed by atoms with Gasteiger partial charge in [-0.3, -0.25) is 4.98 Å². The van der Waals surface area contributed by atoms with E-state index >= 15 is 0 Å². The summed E-state index contributed by atoms with van der Waals surface area (Å²) >= 11 is 0. The van der Waals surface area contributed by atoms with Crippen molar-refractivity contribution in [3.05, 3.63) is 47.9 Å². The molecule has 1 aromatic heterocycles. The number of aliphatic hydroxyl groups is 1. The average molecular weight is 270 g/mol. The first kappa shape index (κ1) is 13.3. The highest BCUT2D eigenvalue weighted by molar-refractivity contribution is 5.32. The van der Waals surface area contributed by atoms with Crippen LogP contribution in [0.5, 0.6) is 11.6 Å². The number of ether oxygens (including phenoxy) is 1. The van der Waals surface area contributed by atoms with Crippen molar-refractivity contribution >= 4 is 0 Å². The summed E-state index contributed by atoms with van der Waals surface area (Å²) in [6.45, 7) is -0.327. The lowest BCUT2D eigenvalue weighted by Crippen LogP contribution is -2.04. The summed E-state index contributed by atoms with van der Waals surface area (Å²) in [5, 5.41) is 8.87. The fraction of sp³-hybridized carbons (Fsp3) is 0.167. The molecule has 0 radical (unpaired) electrons. The predicted octanol–water partition coefficient (Wildman–Crippen LogP) is 2.78. The Morgan fingerprint density at radius 1 is 1.21 bits per heavy atom. The maximum Gasteiger partial charge on any atom is 0.416 e. The van der Waals surface area contributed by atoms with E-state index in [1.807, 2.05) is 0 Å². The van der Waals surface area contributed by atoms with E-state index < -0.39 is 11.7 Å². The van der Waals surface area contributed by atoms with Gasteiger partial charge in [0.25, 0.3) is 0 Å². The van der Waals surface area contributed by atoms with Crippen molar-refractivity contribution in [2.75, 3.05) is 0 Å². The van der Waals surface area contributed by atoms with Gasteiger partial charge in [0.1, 0.15) is 5.75 Å². The van der Waals surface area contributed by atoms with Crippen LogP contribution in [0.3, 0.4) is 0 Å². The molecule has 0 bridgehead atoms.